The van der Waals surface area contributed by atoms with Crippen LogP contribution < -0.4 is 5.32 Å². The van der Waals surface area contributed by atoms with E-state index in [1.807, 2.05) is 25.3 Å². The van der Waals surface area contributed by atoms with Gasteiger partial charge in [0.2, 0.25) is 5.91 Å². The summed E-state index contributed by atoms with van der Waals surface area (Å²) in [7, 11) is 0. The van der Waals surface area contributed by atoms with Crippen molar-refractivity contribution in [3.8, 4) is 0 Å². The lowest BCUT2D eigenvalue weighted by Gasteiger charge is -2.10. The van der Waals surface area contributed by atoms with Gasteiger partial charge in [0.1, 0.15) is 6.10 Å². The third-order valence-corrected chi connectivity index (χ3v) is 2.91. The molecule has 4 nitrogen and oxygen atoms in total. The maximum absolute atomic E-state index is 11.6. The molecule has 2 heterocycles. The van der Waals surface area contributed by atoms with Crippen molar-refractivity contribution in [3.63, 3.8) is 0 Å². The number of aryl methyl sites for hydroxylation is 1. The van der Waals surface area contributed by atoms with Crippen LogP contribution in [0.5, 0.6) is 0 Å². The first kappa shape index (κ1) is 12.0. The van der Waals surface area contributed by atoms with Gasteiger partial charge < -0.3 is 10.1 Å². The van der Waals surface area contributed by atoms with Gasteiger partial charge in [0.25, 0.3) is 0 Å². The molecule has 1 fully saturated rings. The number of amides is 1. The molecule has 0 bridgehead atoms. The van der Waals surface area contributed by atoms with Gasteiger partial charge in [-0.2, -0.15) is 0 Å². The van der Waals surface area contributed by atoms with Crippen molar-refractivity contribution in [2.24, 2.45) is 0 Å². The van der Waals surface area contributed by atoms with E-state index in [1.54, 1.807) is 0 Å². The van der Waals surface area contributed by atoms with Crippen LogP contribution >= 0.6 is 0 Å². The Morgan fingerprint density at radius 1 is 1.59 bits per heavy atom. The highest BCUT2D eigenvalue weighted by atomic mass is 16.5. The Morgan fingerprint density at radius 2 is 2.47 bits per heavy atom. The Bertz CT molecular complexity index is 370. The van der Waals surface area contributed by atoms with Crippen LogP contribution in [0.25, 0.3) is 0 Å². The lowest BCUT2D eigenvalue weighted by Crippen LogP contribution is -2.35. The topological polar surface area (TPSA) is 51.2 Å². The molecule has 2 rings (SSSR count). The Balaban J connectivity index is 1.72. The van der Waals surface area contributed by atoms with E-state index in [0.717, 1.165) is 30.5 Å². The van der Waals surface area contributed by atoms with Crippen LogP contribution in [0.15, 0.2) is 18.3 Å². The Morgan fingerprint density at radius 3 is 3.12 bits per heavy atom. The quantitative estimate of drug-likeness (QED) is 0.852. The normalized spacial score (nSPS) is 19.2. The van der Waals surface area contributed by atoms with Crippen LogP contribution in [-0.2, 0) is 16.0 Å². The summed E-state index contributed by atoms with van der Waals surface area (Å²) in [4.78, 5) is 15.9. The van der Waals surface area contributed by atoms with E-state index in [2.05, 4.69) is 10.3 Å². The smallest absolute Gasteiger partial charge is 0.249 e. The molecule has 0 radical (unpaired) electrons. The average molecular weight is 234 g/mol. The standard InChI is InChI=1S/C13H18N2O2/c1-10-4-5-11(9-15-10)6-7-14-13(16)12-3-2-8-17-12/h4-5,9,12H,2-3,6-8H2,1H3,(H,14,16). The van der Waals surface area contributed by atoms with Gasteiger partial charge in [-0.25, -0.2) is 0 Å². The average Bonchev–Trinajstić information content (AvgIpc) is 2.85. The van der Waals surface area contributed by atoms with Gasteiger partial charge in [0.05, 0.1) is 0 Å². The summed E-state index contributed by atoms with van der Waals surface area (Å²) in [6, 6.07) is 4.03. The minimum absolute atomic E-state index is 0.0163. The molecule has 1 aromatic rings. The maximum atomic E-state index is 11.6. The fourth-order valence-electron chi connectivity index (χ4n) is 1.87. The van der Waals surface area contributed by atoms with E-state index in [-0.39, 0.29) is 12.0 Å². The minimum atomic E-state index is -0.230. The molecule has 1 saturated heterocycles. The van der Waals surface area contributed by atoms with Crippen molar-refractivity contribution in [1.82, 2.24) is 10.3 Å². The molecule has 1 atom stereocenters. The number of rotatable bonds is 4. The second kappa shape index (κ2) is 5.77. The number of carbonyl (C=O) groups excluding carboxylic acids is 1. The summed E-state index contributed by atoms with van der Waals surface area (Å²) in [6.07, 6.45) is 4.27. The SMILES string of the molecule is Cc1ccc(CCNC(=O)C2CCCO2)cn1. The minimum Gasteiger partial charge on any atom is -0.368 e. The number of pyridine rings is 1. The van der Waals surface area contributed by atoms with Crippen molar-refractivity contribution >= 4 is 5.91 Å². The number of hydrogen-bond acceptors (Lipinski definition) is 3. The van der Waals surface area contributed by atoms with Gasteiger partial charge in [0, 0.05) is 25.0 Å². The van der Waals surface area contributed by atoms with Crippen LogP contribution in [0, 0.1) is 6.92 Å². The molecule has 1 amide bonds. The molecule has 1 aromatic heterocycles. The zero-order chi connectivity index (χ0) is 12.1. The Labute approximate surface area is 101 Å². The number of carbonyl (C=O) groups is 1. The van der Waals surface area contributed by atoms with Crippen molar-refractivity contribution in [1.29, 1.82) is 0 Å². The van der Waals surface area contributed by atoms with Crippen LogP contribution in [0.1, 0.15) is 24.1 Å². The summed E-state index contributed by atoms with van der Waals surface area (Å²) < 4.78 is 5.31. The maximum Gasteiger partial charge on any atom is 0.249 e. The van der Waals surface area contributed by atoms with Gasteiger partial charge >= 0.3 is 0 Å². The summed E-state index contributed by atoms with van der Waals surface area (Å²) in [5.74, 6) is 0.0163. The Hall–Kier alpha value is -1.42. The van der Waals surface area contributed by atoms with Crippen LogP contribution in [0.3, 0.4) is 0 Å². The third-order valence-electron chi connectivity index (χ3n) is 2.91. The second-order valence-electron chi connectivity index (χ2n) is 4.35. The van der Waals surface area contributed by atoms with Crippen molar-refractivity contribution in [2.45, 2.75) is 32.3 Å². The molecular weight excluding hydrogens is 216 g/mol. The highest BCUT2D eigenvalue weighted by Crippen LogP contribution is 2.11. The molecule has 4 heteroatoms. The predicted octanol–water partition coefficient (Wildman–Crippen LogP) is 1.23. The second-order valence-corrected chi connectivity index (χ2v) is 4.35. The fraction of sp³-hybridized carbons (Fsp3) is 0.538. The third kappa shape index (κ3) is 3.53. The lowest BCUT2D eigenvalue weighted by atomic mass is 10.2. The zero-order valence-corrected chi connectivity index (χ0v) is 10.1. The van der Waals surface area contributed by atoms with Crippen LogP contribution in [0.4, 0.5) is 0 Å². The number of nitrogens with zero attached hydrogens (tertiary/aromatic N) is 1. The summed E-state index contributed by atoms with van der Waals surface area (Å²) in [6.45, 7) is 3.31. The van der Waals surface area contributed by atoms with Crippen molar-refractivity contribution in [3.05, 3.63) is 29.6 Å². The first-order valence-corrected chi connectivity index (χ1v) is 6.06. The first-order chi connectivity index (χ1) is 8.25. The molecule has 1 unspecified atom stereocenters. The molecule has 17 heavy (non-hydrogen) atoms. The summed E-state index contributed by atoms with van der Waals surface area (Å²) in [5.41, 5.74) is 2.15. The molecule has 1 aliphatic rings. The van der Waals surface area contributed by atoms with Gasteiger partial charge in [-0.05, 0) is 37.8 Å². The van der Waals surface area contributed by atoms with Gasteiger partial charge in [-0.15, -0.1) is 0 Å². The van der Waals surface area contributed by atoms with Crippen molar-refractivity contribution in [2.75, 3.05) is 13.2 Å². The molecule has 0 aliphatic carbocycles. The van der Waals surface area contributed by atoms with E-state index in [4.69, 9.17) is 4.74 Å². The van der Waals surface area contributed by atoms with Gasteiger partial charge in [0.15, 0.2) is 0 Å². The van der Waals surface area contributed by atoms with E-state index in [1.165, 1.54) is 0 Å². The molecule has 0 aromatic carbocycles. The Kier molecular flexibility index (Phi) is 4.09. The molecule has 1 aliphatic heterocycles. The highest BCUT2D eigenvalue weighted by Gasteiger charge is 2.22. The van der Waals surface area contributed by atoms with E-state index < -0.39 is 0 Å². The van der Waals surface area contributed by atoms with Crippen molar-refractivity contribution < 1.29 is 9.53 Å². The number of hydrogen-bond donors (Lipinski definition) is 1. The molecule has 0 spiro atoms. The first-order valence-electron chi connectivity index (χ1n) is 6.06. The van der Waals surface area contributed by atoms with E-state index in [9.17, 15) is 4.79 Å². The van der Waals surface area contributed by atoms with Gasteiger partial charge in [-0.1, -0.05) is 6.07 Å². The predicted molar refractivity (Wildman–Crippen MR) is 64.7 cm³/mol. The van der Waals surface area contributed by atoms with Crippen LogP contribution in [-0.4, -0.2) is 30.1 Å². The van der Waals surface area contributed by atoms with E-state index in [0.29, 0.717) is 13.2 Å². The number of ether oxygens (including phenoxy) is 1. The highest BCUT2D eigenvalue weighted by molar-refractivity contribution is 5.80. The summed E-state index contributed by atoms with van der Waals surface area (Å²) >= 11 is 0. The number of nitrogens with one attached hydrogen (secondary N) is 1. The molecule has 1 N–H and O–H groups in total. The largest absolute Gasteiger partial charge is 0.368 e. The van der Waals surface area contributed by atoms with Crippen LogP contribution in [0.2, 0.25) is 0 Å². The van der Waals surface area contributed by atoms with E-state index >= 15 is 0 Å². The molecule has 0 saturated carbocycles. The monoisotopic (exact) mass is 234 g/mol. The molecule has 92 valence electrons. The summed E-state index contributed by atoms with van der Waals surface area (Å²) in [5, 5.41) is 2.90. The van der Waals surface area contributed by atoms with Gasteiger partial charge in [-0.3, -0.25) is 9.78 Å². The number of aromatic nitrogens is 1. The lowest BCUT2D eigenvalue weighted by molar-refractivity contribution is -0.129. The zero-order valence-electron chi connectivity index (χ0n) is 10.1. The fourth-order valence-corrected chi connectivity index (χ4v) is 1.87. The molecular formula is C13H18N2O2.